The van der Waals surface area contributed by atoms with Crippen LogP contribution in [0.3, 0.4) is 0 Å². The van der Waals surface area contributed by atoms with E-state index >= 15 is 0 Å². The predicted molar refractivity (Wildman–Crippen MR) is 99.9 cm³/mol. The SMILES string of the molecule is SSSSSSSSSSc1cccs1. The van der Waals surface area contributed by atoms with Crippen LogP contribution >= 0.6 is 112 Å². The van der Waals surface area contributed by atoms with Crippen molar-refractivity contribution >= 4 is 112 Å². The number of thiol groups is 1. The molecule has 0 spiro atoms. The van der Waals surface area contributed by atoms with E-state index in [0.717, 1.165) is 0 Å². The van der Waals surface area contributed by atoms with E-state index in [4.69, 9.17) is 0 Å². The molecule has 0 aliphatic carbocycles. The number of thiophene rings is 1. The molecule has 0 nitrogen and oxygen atoms in total. The molecule has 0 aromatic carbocycles. The van der Waals surface area contributed by atoms with Crippen molar-refractivity contribution < 1.29 is 0 Å². The smallest absolute Gasteiger partial charge is 0.0714 e. The maximum atomic E-state index is 4.03. The maximum absolute atomic E-state index is 4.03. The highest BCUT2D eigenvalue weighted by Gasteiger charge is 1.98. The minimum absolute atomic E-state index is 1.36. The number of hydrogen-bond acceptors (Lipinski definition) is 11. The lowest BCUT2D eigenvalue weighted by molar-refractivity contribution is 1.76. The van der Waals surface area contributed by atoms with Gasteiger partial charge in [-0.1, -0.05) is 17.7 Å². The second-order valence-electron chi connectivity index (χ2n) is 1.57. The summed E-state index contributed by atoms with van der Waals surface area (Å²) in [6.07, 6.45) is 0. The average Bonchev–Trinajstić information content (AvgIpc) is 2.75. The molecule has 0 atom stereocenters. The van der Waals surface area contributed by atoms with Crippen molar-refractivity contribution in [1.82, 2.24) is 0 Å². The molecule has 0 saturated heterocycles. The molecule has 11 heteroatoms. The molecular formula is C4H4S11. The maximum Gasteiger partial charge on any atom is 0.0714 e. The van der Waals surface area contributed by atoms with E-state index < -0.39 is 0 Å². The van der Waals surface area contributed by atoms with Crippen LogP contribution in [0.1, 0.15) is 0 Å². The van der Waals surface area contributed by atoms with Gasteiger partial charge >= 0.3 is 0 Å². The van der Waals surface area contributed by atoms with E-state index in [9.17, 15) is 0 Å². The molecule has 1 heterocycles. The predicted octanol–water partition coefficient (Wildman–Crippen LogP) is 7.87. The monoisotopic (exact) mass is 404 g/mol. The summed E-state index contributed by atoms with van der Waals surface area (Å²) in [7, 11) is 15.7. The summed E-state index contributed by atoms with van der Waals surface area (Å²) in [5, 5.41) is 2.11. The first-order valence-electron chi connectivity index (χ1n) is 3.12. The van der Waals surface area contributed by atoms with Gasteiger partial charge in [-0.05, 0) is 101 Å². The summed E-state index contributed by atoms with van der Waals surface area (Å²) in [5.41, 5.74) is 0. The minimum Gasteiger partial charge on any atom is -0.137 e. The van der Waals surface area contributed by atoms with Crippen LogP contribution in [0.25, 0.3) is 0 Å². The van der Waals surface area contributed by atoms with Crippen molar-refractivity contribution in [3.8, 4) is 0 Å². The van der Waals surface area contributed by atoms with Gasteiger partial charge in [-0.25, -0.2) is 0 Å². The van der Waals surface area contributed by atoms with Gasteiger partial charge < -0.3 is 0 Å². The molecule has 0 fully saturated rings. The van der Waals surface area contributed by atoms with Crippen LogP contribution in [0.5, 0.6) is 0 Å². The molecule has 15 heavy (non-hydrogen) atoms. The quantitative estimate of drug-likeness (QED) is 0.246. The molecule has 0 unspecified atom stereocenters. The first kappa shape index (κ1) is 16.3. The van der Waals surface area contributed by atoms with Crippen LogP contribution in [0.15, 0.2) is 21.7 Å². The van der Waals surface area contributed by atoms with Gasteiger partial charge in [0, 0.05) is 0 Å². The van der Waals surface area contributed by atoms with Crippen LogP contribution < -0.4 is 0 Å². The minimum atomic E-state index is 1.36. The van der Waals surface area contributed by atoms with E-state index in [1.165, 1.54) is 14.0 Å². The van der Waals surface area contributed by atoms with E-state index in [1.807, 2.05) is 20.6 Å². The second kappa shape index (κ2) is 12.2. The topological polar surface area (TPSA) is 0 Å². The molecule has 0 N–H and O–H groups in total. The summed E-state index contributed by atoms with van der Waals surface area (Å²) in [4.78, 5) is 0. The Morgan fingerprint density at radius 1 is 0.933 bits per heavy atom. The lowest BCUT2D eigenvalue weighted by atomic mass is 10.7. The van der Waals surface area contributed by atoms with Crippen LogP contribution in [-0.4, -0.2) is 0 Å². The number of rotatable bonds is 9. The highest BCUT2D eigenvalue weighted by molar-refractivity contribution is 9.52. The fourth-order valence-corrected chi connectivity index (χ4v) is 21.3. The van der Waals surface area contributed by atoms with Crippen molar-refractivity contribution in [2.45, 2.75) is 4.21 Å². The van der Waals surface area contributed by atoms with Crippen molar-refractivity contribution in [2.75, 3.05) is 0 Å². The van der Waals surface area contributed by atoms with Gasteiger partial charge in [0.05, 0.1) is 4.21 Å². The zero-order valence-corrected chi connectivity index (χ0v) is 15.8. The third-order valence-electron chi connectivity index (χ3n) is 0.808. The van der Waals surface area contributed by atoms with E-state index in [0.29, 0.717) is 0 Å². The molecule has 1 aromatic rings. The molecule has 0 bridgehead atoms. The van der Waals surface area contributed by atoms with Gasteiger partial charge in [0.1, 0.15) is 0 Å². The zero-order chi connectivity index (χ0) is 10.8. The number of hydrogen-bond donors (Lipinski definition) is 1. The van der Waals surface area contributed by atoms with E-state index in [-0.39, 0.29) is 0 Å². The third kappa shape index (κ3) is 9.74. The molecule has 86 valence electrons. The summed E-state index contributed by atoms with van der Waals surface area (Å²) in [5.74, 6) is 0. The first-order chi connectivity index (χ1) is 7.43. The first-order valence-corrected chi connectivity index (χ1v) is 16.5. The molecule has 0 radical (unpaired) electrons. The Hall–Kier alpha value is 3.20. The van der Waals surface area contributed by atoms with E-state index in [1.54, 1.807) is 70.3 Å². The van der Waals surface area contributed by atoms with Crippen molar-refractivity contribution in [3.63, 3.8) is 0 Å². The van der Waals surface area contributed by atoms with Crippen molar-refractivity contribution in [3.05, 3.63) is 17.5 Å². The third-order valence-corrected chi connectivity index (χ3v) is 19.8. The second-order valence-corrected chi connectivity index (χ2v) is 18.2. The van der Waals surface area contributed by atoms with Crippen LogP contribution in [0.2, 0.25) is 0 Å². The lowest BCUT2D eigenvalue weighted by Gasteiger charge is -1.96. The summed E-state index contributed by atoms with van der Waals surface area (Å²) < 4.78 is 1.36. The Morgan fingerprint density at radius 2 is 1.60 bits per heavy atom. The highest BCUT2D eigenvalue weighted by Crippen LogP contribution is 2.59. The Bertz CT molecular complexity index is 221. The van der Waals surface area contributed by atoms with Crippen molar-refractivity contribution in [1.29, 1.82) is 0 Å². The van der Waals surface area contributed by atoms with Gasteiger partial charge in [-0.3, -0.25) is 0 Å². The Morgan fingerprint density at radius 3 is 2.20 bits per heavy atom. The molecule has 0 saturated carbocycles. The van der Waals surface area contributed by atoms with Gasteiger partial charge in [0.25, 0.3) is 0 Å². The van der Waals surface area contributed by atoms with Crippen molar-refractivity contribution in [2.24, 2.45) is 0 Å². The standard InChI is InChI=1S/C4H4S11/c5-8-10-12-14-15-13-11-9-7-4-2-1-3-6-4/h1-3,5H. The normalized spacial score (nSPS) is 10.7. The Balaban J connectivity index is 1.81. The van der Waals surface area contributed by atoms with Gasteiger partial charge in [0.15, 0.2) is 0 Å². The molecule has 1 rings (SSSR count). The van der Waals surface area contributed by atoms with Crippen LogP contribution in [0, 0.1) is 0 Å². The molecule has 0 aliphatic rings. The Kier molecular flexibility index (Phi) is 13.3. The van der Waals surface area contributed by atoms with E-state index in [2.05, 4.69) is 29.2 Å². The molecular weight excluding hydrogens is 401 g/mol. The fourth-order valence-electron chi connectivity index (χ4n) is 0.427. The average molecular weight is 405 g/mol. The van der Waals surface area contributed by atoms with Gasteiger partial charge in [-0.2, -0.15) is 0 Å². The molecule has 0 amide bonds. The summed E-state index contributed by atoms with van der Waals surface area (Å²) in [6.45, 7) is 0. The van der Waals surface area contributed by atoms with Gasteiger partial charge in [-0.15, -0.1) is 11.3 Å². The summed E-state index contributed by atoms with van der Waals surface area (Å²) >= 11 is 5.82. The van der Waals surface area contributed by atoms with Crippen LogP contribution in [0.4, 0.5) is 0 Å². The zero-order valence-electron chi connectivity index (χ0n) is 6.76. The molecule has 1 aromatic heterocycles. The van der Waals surface area contributed by atoms with Crippen LogP contribution in [-0.2, 0) is 0 Å². The fraction of sp³-hybridized carbons (Fsp3) is 0. The Labute approximate surface area is 132 Å². The highest BCUT2D eigenvalue weighted by atomic mass is 34.0. The largest absolute Gasteiger partial charge is 0.137 e. The summed E-state index contributed by atoms with van der Waals surface area (Å²) in [6, 6.07) is 4.23. The lowest BCUT2D eigenvalue weighted by Crippen LogP contribution is -1.44. The molecule has 0 aliphatic heterocycles. The van der Waals surface area contributed by atoms with Gasteiger partial charge in [0.2, 0.25) is 0 Å².